The molecule has 0 aliphatic rings. The maximum Gasteiger partial charge on any atom is 0.0951 e. The van der Waals surface area contributed by atoms with Gasteiger partial charge in [-0.1, -0.05) is 18.5 Å². The molecular formula is C11H13ClN2S. The van der Waals surface area contributed by atoms with Gasteiger partial charge in [0, 0.05) is 18.0 Å². The standard InChI is InChI=1S/C11H13ClN2S/c1-2-13-6-5-11-14-9-4-3-8(12)7-10(9)15-11/h3-4,7,13H,2,5-6H2,1H3. The van der Waals surface area contributed by atoms with Crippen molar-refractivity contribution in [3.05, 3.63) is 28.2 Å². The predicted octanol–water partition coefficient (Wildman–Crippen LogP) is 3.10. The van der Waals surface area contributed by atoms with Gasteiger partial charge in [-0.25, -0.2) is 4.98 Å². The summed E-state index contributed by atoms with van der Waals surface area (Å²) >= 11 is 7.65. The third kappa shape index (κ3) is 2.68. The summed E-state index contributed by atoms with van der Waals surface area (Å²) in [5.74, 6) is 0. The summed E-state index contributed by atoms with van der Waals surface area (Å²) in [6.07, 6.45) is 0.991. The Bertz CT molecular complexity index is 453. The van der Waals surface area contributed by atoms with Crippen LogP contribution in [0.4, 0.5) is 0 Å². The second-order valence-corrected chi connectivity index (χ2v) is 4.87. The second kappa shape index (κ2) is 4.92. The van der Waals surface area contributed by atoms with Crippen molar-refractivity contribution in [3.63, 3.8) is 0 Å². The molecule has 0 aliphatic heterocycles. The van der Waals surface area contributed by atoms with Gasteiger partial charge in [0.1, 0.15) is 0 Å². The van der Waals surface area contributed by atoms with Crippen LogP contribution in [0.5, 0.6) is 0 Å². The van der Waals surface area contributed by atoms with E-state index in [1.165, 1.54) is 9.71 Å². The molecule has 0 bridgehead atoms. The van der Waals surface area contributed by atoms with Gasteiger partial charge in [-0.15, -0.1) is 11.3 Å². The third-order valence-electron chi connectivity index (χ3n) is 2.16. The molecule has 2 aromatic rings. The van der Waals surface area contributed by atoms with Crippen molar-refractivity contribution in [2.24, 2.45) is 0 Å². The molecule has 0 spiro atoms. The van der Waals surface area contributed by atoms with Gasteiger partial charge in [0.2, 0.25) is 0 Å². The van der Waals surface area contributed by atoms with Gasteiger partial charge < -0.3 is 5.32 Å². The summed E-state index contributed by atoms with van der Waals surface area (Å²) < 4.78 is 1.17. The number of halogens is 1. The minimum atomic E-state index is 0.782. The lowest BCUT2D eigenvalue weighted by atomic mass is 10.3. The lowest BCUT2D eigenvalue weighted by molar-refractivity contribution is 0.715. The Balaban J connectivity index is 2.16. The normalized spacial score (nSPS) is 11.1. The van der Waals surface area contributed by atoms with Crippen LogP contribution in [-0.4, -0.2) is 18.1 Å². The van der Waals surface area contributed by atoms with Crippen LogP contribution in [0, 0.1) is 0 Å². The summed E-state index contributed by atoms with van der Waals surface area (Å²) in [6.45, 7) is 4.11. The highest BCUT2D eigenvalue weighted by Gasteiger charge is 2.03. The molecule has 0 atom stereocenters. The molecule has 0 aliphatic carbocycles. The number of rotatable bonds is 4. The quantitative estimate of drug-likeness (QED) is 0.831. The lowest BCUT2D eigenvalue weighted by Crippen LogP contribution is -2.15. The highest BCUT2D eigenvalue weighted by atomic mass is 35.5. The zero-order valence-electron chi connectivity index (χ0n) is 8.59. The smallest absolute Gasteiger partial charge is 0.0951 e. The number of thiazole rings is 1. The van der Waals surface area contributed by atoms with Gasteiger partial charge in [-0.05, 0) is 24.7 Å². The average molecular weight is 241 g/mol. The molecular weight excluding hydrogens is 228 g/mol. The number of fused-ring (bicyclic) bond motifs is 1. The van der Waals surface area contributed by atoms with E-state index in [2.05, 4.69) is 17.2 Å². The molecule has 0 radical (unpaired) electrons. The van der Waals surface area contributed by atoms with Gasteiger partial charge >= 0.3 is 0 Å². The number of hydrogen-bond acceptors (Lipinski definition) is 3. The van der Waals surface area contributed by atoms with Gasteiger partial charge in [0.05, 0.1) is 15.2 Å². The zero-order valence-corrected chi connectivity index (χ0v) is 10.2. The Hall–Kier alpha value is -0.640. The molecule has 0 saturated carbocycles. The van der Waals surface area contributed by atoms with E-state index < -0.39 is 0 Å². The summed E-state index contributed by atoms with van der Waals surface area (Å²) in [6, 6.07) is 5.84. The van der Waals surface area contributed by atoms with E-state index in [9.17, 15) is 0 Å². The van der Waals surface area contributed by atoms with Crippen LogP contribution in [0.2, 0.25) is 5.02 Å². The number of hydrogen-bond donors (Lipinski definition) is 1. The van der Waals surface area contributed by atoms with E-state index in [4.69, 9.17) is 11.6 Å². The average Bonchev–Trinajstić information content (AvgIpc) is 2.60. The minimum Gasteiger partial charge on any atom is -0.317 e. The molecule has 80 valence electrons. The first-order chi connectivity index (χ1) is 7.29. The van der Waals surface area contributed by atoms with Crippen LogP contribution in [0.25, 0.3) is 10.2 Å². The number of nitrogens with zero attached hydrogens (tertiary/aromatic N) is 1. The van der Waals surface area contributed by atoms with E-state index >= 15 is 0 Å². The summed E-state index contributed by atoms with van der Waals surface area (Å²) in [7, 11) is 0. The molecule has 15 heavy (non-hydrogen) atoms. The highest BCUT2D eigenvalue weighted by molar-refractivity contribution is 7.18. The molecule has 0 fully saturated rings. The molecule has 4 heteroatoms. The molecule has 0 unspecified atom stereocenters. The maximum atomic E-state index is 5.92. The van der Waals surface area contributed by atoms with E-state index in [1.54, 1.807) is 11.3 Å². The molecule has 2 nitrogen and oxygen atoms in total. The van der Waals surface area contributed by atoms with E-state index in [-0.39, 0.29) is 0 Å². The van der Waals surface area contributed by atoms with Crippen LogP contribution in [0.3, 0.4) is 0 Å². The Morgan fingerprint density at radius 2 is 2.33 bits per heavy atom. The number of nitrogens with one attached hydrogen (secondary N) is 1. The first kappa shape index (κ1) is 10.9. The van der Waals surface area contributed by atoms with Crippen molar-refractivity contribution < 1.29 is 0 Å². The monoisotopic (exact) mass is 240 g/mol. The Labute approximate surface area is 98.3 Å². The third-order valence-corrected chi connectivity index (χ3v) is 3.47. The van der Waals surface area contributed by atoms with Gasteiger partial charge in [-0.3, -0.25) is 0 Å². The second-order valence-electron chi connectivity index (χ2n) is 3.32. The molecule has 0 saturated heterocycles. The Morgan fingerprint density at radius 3 is 3.13 bits per heavy atom. The Kier molecular flexibility index (Phi) is 3.57. The van der Waals surface area contributed by atoms with Crippen LogP contribution < -0.4 is 5.32 Å². The fraction of sp³-hybridized carbons (Fsp3) is 0.364. The molecule has 1 aromatic heterocycles. The van der Waals surface area contributed by atoms with Crippen molar-refractivity contribution in [2.75, 3.05) is 13.1 Å². The van der Waals surface area contributed by atoms with E-state index in [0.717, 1.165) is 30.0 Å². The van der Waals surface area contributed by atoms with Crippen molar-refractivity contribution in [2.45, 2.75) is 13.3 Å². The van der Waals surface area contributed by atoms with Crippen LogP contribution in [0.1, 0.15) is 11.9 Å². The van der Waals surface area contributed by atoms with Crippen molar-refractivity contribution in [1.82, 2.24) is 10.3 Å². The first-order valence-electron chi connectivity index (χ1n) is 5.05. The molecule has 0 amide bonds. The number of benzene rings is 1. The molecule has 1 aromatic carbocycles. The van der Waals surface area contributed by atoms with Crippen molar-refractivity contribution in [3.8, 4) is 0 Å². The molecule has 1 N–H and O–H groups in total. The van der Waals surface area contributed by atoms with Gasteiger partial charge in [0.15, 0.2) is 0 Å². The first-order valence-corrected chi connectivity index (χ1v) is 6.24. The fourth-order valence-corrected chi connectivity index (χ4v) is 2.67. The summed E-state index contributed by atoms with van der Waals surface area (Å²) in [5, 5.41) is 5.25. The van der Waals surface area contributed by atoms with Crippen molar-refractivity contribution in [1.29, 1.82) is 0 Å². The van der Waals surface area contributed by atoms with Crippen LogP contribution >= 0.6 is 22.9 Å². The minimum absolute atomic E-state index is 0.782. The summed E-state index contributed by atoms with van der Waals surface area (Å²) in [5.41, 5.74) is 1.05. The summed E-state index contributed by atoms with van der Waals surface area (Å²) in [4.78, 5) is 4.55. The SMILES string of the molecule is CCNCCc1nc2ccc(Cl)cc2s1. The Morgan fingerprint density at radius 1 is 1.47 bits per heavy atom. The molecule has 1 heterocycles. The molecule has 2 rings (SSSR count). The van der Waals surface area contributed by atoms with Crippen molar-refractivity contribution >= 4 is 33.2 Å². The maximum absolute atomic E-state index is 5.92. The van der Waals surface area contributed by atoms with Crippen LogP contribution in [-0.2, 0) is 6.42 Å². The highest BCUT2D eigenvalue weighted by Crippen LogP contribution is 2.25. The van der Waals surface area contributed by atoms with E-state index in [1.807, 2.05) is 18.2 Å². The number of aromatic nitrogens is 1. The fourth-order valence-electron chi connectivity index (χ4n) is 1.43. The predicted molar refractivity (Wildman–Crippen MR) is 66.9 cm³/mol. The lowest BCUT2D eigenvalue weighted by Gasteiger charge is -1.96. The van der Waals surface area contributed by atoms with Gasteiger partial charge in [0.25, 0.3) is 0 Å². The number of likely N-dealkylation sites (N-methyl/N-ethyl adjacent to an activating group) is 1. The zero-order chi connectivity index (χ0) is 10.7. The largest absolute Gasteiger partial charge is 0.317 e. The van der Waals surface area contributed by atoms with Crippen LogP contribution in [0.15, 0.2) is 18.2 Å². The van der Waals surface area contributed by atoms with Gasteiger partial charge in [-0.2, -0.15) is 0 Å². The topological polar surface area (TPSA) is 24.9 Å². The van der Waals surface area contributed by atoms with E-state index in [0.29, 0.717) is 0 Å².